The minimum absolute atomic E-state index is 0.163. The second kappa shape index (κ2) is 9.98. The third kappa shape index (κ3) is 9.08. The van der Waals surface area contributed by atoms with Crippen molar-refractivity contribution in [1.82, 2.24) is 4.90 Å². The second-order valence-corrected chi connectivity index (χ2v) is 5.17. The first-order chi connectivity index (χ1) is 8.38. The zero-order valence-corrected chi connectivity index (χ0v) is 13.1. The quantitative estimate of drug-likeness (QED) is 0.599. The Morgan fingerprint density at radius 3 is 2.17 bits per heavy atom. The molecule has 0 radical (unpaired) electrons. The zero-order valence-electron chi connectivity index (χ0n) is 13.1. The van der Waals surface area contributed by atoms with E-state index in [4.69, 9.17) is 4.74 Å². The smallest absolute Gasteiger partial charge is 0.410 e. The number of carbonyl (C=O) groups excluding carboxylic acids is 1. The molecular weight excluding hydrogens is 226 g/mol. The summed E-state index contributed by atoms with van der Waals surface area (Å²) in [5.41, 5.74) is -0.377. The molecule has 0 saturated carbocycles. The fourth-order valence-electron chi connectivity index (χ4n) is 1.68. The molecule has 1 unspecified atom stereocenters. The van der Waals surface area contributed by atoms with Crippen molar-refractivity contribution >= 4 is 6.09 Å². The van der Waals surface area contributed by atoms with Gasteiger partial charge in [-0.25, -0.2) is 4.79 Å². The molecule has 0 aromatic rings. The van der Waals surface area contributed by atoms with Crippen LogP contribution in [0.5, 0.6) is 0 Å². The summed E-state index contributed by atoms with van der Waals surface area (Å²) in [7, 11) is 0. The average Bonchev–Trinajstić information content (AvgIpc) is 2.32. The van der Waals surface area contributed by atoms with Gasteiger partial charge in [-0.3, -0.25) is 0 Å². The predicted octanol–water partition coefficient (Wildman–Crippen LogP) is 4.48. The molecule has 1 aliphatic heterocycles. The van der Waals surface area contributed by atoms with E-state index in [-0.39, 0.29) is 11.7 Å². The van der Waals surface area contributed by atoms with Gasteiger partial charge in [0.05, 0.1) is 0 Å². The number of carbonyl (C=O) groups is 1. The Morgan fingerprint density at radius 1 is 1.28 bits per heavy atom. The molecule has 0 aromatic heterocycles. The van der Waals surface area contributed by atoms with Crippen LogP contribution in [0, 0.1) is 5.92 Å². The maximum Gasteiger partial charge on any atom is 0.410 e. The fourth-order valence-corrected chi connectivity index (χ4v) is 1.68. The first kappa shape index (κ1) is 19.4. The van der Waals surface area contributed by atoms with E-state index >= 15 is 0 Å². The number of rotatable bonds is 0. The van der Waals surface area contributed by atoms with Crippen LogP contribution in [0.4, 0.5) is 4.79 Å². The summed E-state index contributed by atoms with van der Waals surface area (Å²) < 4.78 is 5.31. The number of amides is 1. The molecule has 1 amide bonds. The maximum absolute atomic E-state index is 11.7. The highest BCUT2D eigenvalue weighted by molar-refractivity contribution is 5.68. The van der Waals surface area contributed by atoms with Gasteiger partial charge in [0.2, 0.25) is 0 Å². The van der Waals surface area contributed by atoms with Crippen LogP contribution in [-0.4, -0.2) is 29.7 Å². The predicted molar refractivity (Wildman–Crippen MR) is 78.8 cm³/mol. The highest BCUT2D eigenvalue weighted by Crippen LogP contribution is 2.18. The molecule has 0 bridgehead atoms. The van der Waals surface area contributed by atoms with Crippen molar-refractivity contribution in [2.75, 3.05) is 13.1 Å². The molecule has 3 nitrogen and oxygen atoms in total. The molecule has 0 spiro atoms. The van der Waals surface area contributed by atoms with E-state index < -0.39 is 0 Å². The molecule has 0 aromatic carbocycles. The van der Waals surface area contributed by atoms with Gasteiger partial charge in [0.15, 0.2) is 0 Å². The van der Waals surface area contributed by atoms with Crippen LogP contribution in [-0.2, 0) is 4.74 Å². The lowest BCUT2D eigenvalue weighted by Gasteiger charge is -2.32. The van der Waals surface area contributed by atoms with Gasteiger partial charge in [0, 0.05) is 13.1 Å². The molecule has 1 saturated heterocycles. The summed E-state index contributed by atoms with van der Waals surface area (Å²) in [4.78, 5) is 13.5. The summed E-state index contributed by atoms with van der Waals surface area (Å²) in [6, 6.07) is 0. The van der Waals surface area contributed by atoms with Crippen molar-refractivity contribution < 1.29 is 9.53 Å². The molecule has 3 heteroatoms. The molecule has 0 N–H and O–H groups in total. The zero-order chi connectivity index (χ0) is 14.8. The molecule has 1 heterocycles. The topological polar surface area (TPSA) is 29.5 Å². The van der Waals surface area contributed by atoms with Crippen LogP contribution in [0.25, 0.3) is 0 Å². The van der Waals surface area contributed by atoms with E-state index in [0.717, 1.165) is 19.5 Å². The van der Waals surface area contributed by atoms with Crippen molar-refractivity contribution in [3.05, 3.63) is 13.2 Å². The number of likely N-dealkylation sites (tertiary alicyclic amines) is 1. The lowest BCUT2D eigenvalue weighted by molar-refractivity contribution is 0.0174. The summed E-state index contributed by atoms with van der Waals surface area (Å²) in [5.74, 6) is 0.608. The van der Waals surface area contributed by atoms with E-state index in [2.05, 4.69) is 20.1 Å². The molecular formula is C15H31NO2. The Balaban J connectivity index is 0. The van der Waals surface area contributed by atoms with E-state index in [1.807, 2.05) is 39.5 Å². The van der Waals surface area contributed by atoms with Crippen molar-refractivity contribution in [3.8, 4) is 0 Å². The third-order valence-electron chi connectivity index (χ3n) is 2.31. The molecule has 1 atom stereocenters. The van der Waals surface area contributed by atoms with Gasteiger partial charge < -0.3 is 9.64 Å². The Kier molecular flexibility index (Phi) is 10.7. The molecule has 108 valence electrons. The van der Waals surface area contributed by atoms with Crippen LogP contribution in [0.3, 0.4) is 0 Å². The van der Waals surface area contributed by atoms with Gasteiger partial charge in [0.25, 0.3) is 0 Å². The van der Waals surface area contributed by atoms with E-state index in [0.29, 0.717) is 5.92 Å². The van der Waals surface area contributed by atoms with Crippen LogP contribution >= 0.6 is 0 Å². The Morgan fingerprint density at radius 2 is 1.78 bits per heavy atom. The maximum atomic E-state index is 11.7. The SMILES string of the molecule is C=C.CC.CC1CCCN(C(=O)OC(C)(C)C)C1. The van der Waals surface area contributed by atoms with E-state index in [1.165, 1.54) is 6.42 Å². The van der Waals surface area contributed by atoms with Gasteiger partial charge in [-0.05, 0) is 39.5 Å². The number of piperidine rings is 1. The molecule has 1 fully saturated rings. The van der Waals surface area contributed by atoms with Gasteiger partial charge in [-0.15, -0.1) is 13.2 Å². The van der Waals surface area contributed by atoms with Gasteiger partial charge >= 0.3 is 6.09 Å². The molecule has 18 heavy (non-hydrogen) atoms. The Bertz CT molecular complexity index is 221. The van der Waals surface area contributed by atoms with Crippen LogP contribution in [0.15, 0.2) is 13.2 Å². The summed E-state index contributed by atoms with van der Waals surface area (Å²) in [6.07, 6.45) is 2.16. The van der Waals surface area contributed by atoms with Gasteiger partial charge in [-0.2, -0.15) is 0 Å². The van der Waals surface area contributed by atoms with E-state index in [1.54, 1.807) is 0 Å². The first-order valence-electron chi connectivity index (χ1n) is 6.86. The van der Waals surface area contributed by atoms with Gasteiger partial charge in [0.1, 0.15) is 5.60 Å². The minimum atomic E-state index is -0.377. The van der Waals surface area contributed by atoms with Crippen molar-refractivity contribution in [3.63, 3.8) is 0 Å². The van der Waals surface area contributed by atoms with Crippen LogP contribution in [0.2, 0.25) is 0 Å². The average molecular weight is 257 g/mol. The lowest BCUT2D eigenvalue weighted by Crippen LogP contribution is -2.42. The minimum Gasteiger partial charge on any atom is -0.444 e. The molecule has 1 aliphatic rings. The van der Waals surface area contributed by atoms with Crippen molar-refractivity contribution in [1.29, 1.82) is 0 Å². The van der Waals surface area contributed by atoms with Crippen molar-refractivity contribution in [2.45, 2.75) is 60.0 Å². The fraction of sp³-hybridized carbons (Fsp3) is 0.800. The Labute approximate surface area is 113 Å². The van der Waals surface area contributed by atoms with Gasteiger partial charge in [-0.1, -0.05) is 20.8 Å². The summed E-state index contributed by atoms with van der Waals surface area (Å²) in [5, 5.41) is 0. The largest absolute Gasteiger partial charge is 0.444 e. The first-order valence-corrected chi connectivity index (χ1v) is 6.86. The summed E-state index contributed by atoms with van der Waals surface area (Å²) >= 11 is 0. The summed E-state index contributed by atoms with van der Waals surface area (Å²) in [6.45, 7) is 19.6. The number of hydrogen-bond donors (Lipinski definition) is 0. The lowest BCUT2D eigenvalue weighted by atomic mass is 10.0. The molecule has 0 aliphatic carbocycles. The van der Waals surface area contributed by atoms with Crippen LogP contribution in [0.1, 0.15) is 54.4 Å². The normalized spacial score (nSPS) is 18.8. The number of hydrogen-bond acceptors (Lipinski definition) is 2. The van der Waals surface area contributed by atoms with E-state index in [9.17, 15) is 4.79 Å². The van der Waals surface area contributed by atoms with Crippen LogP contribution < -0.4 is 0 Å². The second-order valence-electron chi connectivity index (χ2n) is 5.17. The van der Waals surface area contributed by atoms with Crippen molar-refractivity contribution in [2.24, 2.45) is 5.92 Å². The number of ether oxygens (including phenoxy) is 1. The Hall–Kier alpha value is -0.990. The molecule has 1 rings (SSSR count). The third-order valence-corrected chi connectivity index (χ3v) is 2.31. The highest BCUT2D eigenvalue weighted by Gasteiger charge is 2.25. The number of nitrogens with zero attached hydrogens (tertiary/aromatic N) is 1. The highest BCUT2D eigenvalue weighted by atomic mass is 16.6. The monoisotopic (exact) mass is 257 g/mol. The standard InChI is InChI=1S/C11H21NO2.C2H6.C2H4/c1-9-6-5-7-12(8-9)10(13)14-11(2,3)4;2*1-2/h9H,5-8H2,1-4H3;1-2H3;1-2H2.